The fourth-order valence-electron chi connectivity index (χ4n) is 0.364. The lowest BCUT2D eigenvalue weighted by atomic mass is 10.5. The van der Waals surface area contributed by atoms with Crippen LogP contribution in [0.3, 0.4) is 0 Å². The molecule has 0 aromatic heterocycles. The molecule has 2 N–H and O–H groups in total. The fraction of sp³-hybridized carbons (Fsp3) is 0.500. The molecule has 0 aromatic carbocycles. The second kappa shape index (κ2) is 6.12. The number of carbonyl (C=O) groups excluding carboxylic acids is 2. The van der Waals surface area contributed by atoms with Crippen LogP contribution in [-0.4, -0.2) is 23.6 Å². The van der Waals surface area contributed by atoms with E-state index in [4.69, 9.17) is 10.4 Å². The highest BCUT2D eigenvalue weighted by molar-refractivity contribution is 5.79. The number of hydrogen-bond acceptors (Lipinski definition) is 5. The van der Waals surface area contributed by atoms with Crippen molar-refractivity contribution in [3.8, 4) is 6.07 Å². The minimum atomic E-state index is -0.746. The Kier molecular flexibility index (Phi) is 5.30. The Morgan fingerprint density at radius 2 is 2.25 bits per heavy atom. The van der Waals surface area contributed by atoms with Crippen molar-refractivity contribution in [1.29, 1.82) is 5.26 Å². The van der Waals surface area contributed by atoms with Gasteiger partial charge in [0, 0.05) is 0 Å². The van der Waals surface area contributed by atoms with Crippen molar-refractivity contribution in [2.75, 3.05) is 6.61 Å². The van der Waals surface area contributed by atoms with Crippen LogP contribution < -0.4 is 5.48 Å². The highest BCUT2D eigenvalue weighted by Crippen LogP contribution is 1.82. The molecule has 6 heteroatoms. The van der Waals surface area contributed by atoms with Crippen LogP contribution in [0.4, 0.5) is 0 Å². The molecule has 6 nitrogen and oxygen atoms in total. The third-order valence-electron chi connectivity index (χ3n) is 0.834. The molecule has 0 rings (SSSR count). The first-order valence-electron chi connectivity index (χ1n) is 3.17. The van der Waals surface area contributed by atoms with E-state index in [1.807, 2.05) is 0 Å². The standard InChI is InChI=1S/C6H8N2O4/c7-3-1-5(10)8-12-6(11)2-4-9/h9H,1-2,4H2,(H,8,10). The molecule has 0 unspecified atom stereocenters. The van der Waals surface area contributed by atoms with E-state index in [1.165, 1.54) is 0 Å². The van der Waals surface area contributed by atoms with Gasteiger partial charge in [-0.05, 0) is 0 Å². The molecular weight excluding hydrogens is 164 g/mol. The van der Waals surface area contributed by atoms with Crippen LogP contribution in [0.15, 0.2) is 0 Å². The lowest BCUT2D eigenvalue weighted by Crippen LogP contribution is -2.26. The Labute approximate surface area is 68.7 Å². The smallest absolute Gasteiger partial charge is 0.334 e. The minimum absolute atomic E-state index is 0.188. The van der Waals surface area contributed by atoms with Crippen LogP contribution in [0.5, 0.6) is 0 Å². The maximum atomic E-state index is 10.5. The van der Waals surface area contributed by atoms with E-state index in [-0.39, 0.29) is 19.4 Å². The second-order valence-electron chi connectivity index (χ2n) is 1.81. The monoisotopic (exact) mass is 172 g/mol. The van der Waals surface area contributed by atoms with Gasteiger partial charge in [-0.2, -0.15) is 10.7 Å². The van der Waals surface area contributed by atoms with Gasteiger partial charge >= 0.3 is 5.97 Å². The maximum Gasteiger partial charge on any atom is 0.334 e. The number of nitriles is 1. The Morgan fingerprint density at radius 3 is 2.75 bits per heavy atom. The molecule has 1 amide bonds. The number of hydrogen-bond donors (Lipinski definition) is 2. The normalized spacial score (nSPS) is 8.33. The van der Waals surface area contributed by atoms with Gasteiger partial charge in [-0.15, -0.1) is 0 Å². The molecule has 0 saturated heterocycles. The zero-order valence-corrected chi connectivity index (χ0v) is 6.24. The van der Waals surface area contributed by atoms with E-state index in [0.29, 0.717) is 0 Å². The van der Waals surface area contributed by atoms with Gasteiger partial charge in [0.1, 0.15) is 6.42 Å². The zero-order valence-electron chi connectivity index (χ0n) is 6.24. The van der Waals surface area contributed by atoms with Crippen LogP contribution in [0.2, 0.25) is 0 Å². The summed E-state index contributed by atoms with van der Waals surface area (Å²) < 4.78 is 0. The number of carbonyl (C=O) groups is 2. The molecule has 0 aliphatic carbocycles. The van der Waals surface area contributed by atoms with Crippen molar-refractivity contribution < 1.29 is 19.5 Å². The van der Waals surface area contributed by atoms with E-state index < -0.39 is 11.9 Å². The molecular formula is C6H8N2O4. The van der Waals surface area contributed by atoms with Gasteiger partial charge in [0.15, 0.2) is 0 Å². The topological polar surface area (TPSA) is 99.4 Å². The van der Waals surface area contributed by atoms with E-state index in [9.17, 15) is 9.59 Å². The fourth-order valence-corrected chi connectivity index (χ4v) is 0.364. The van der Waals surface area contributed by atoms with Gasteiger partial charge in [0.2, 0.25) is 0 Å². The highest BCUT2D eigenvalue weighted by atomic mass is 16.7. The van der Waals surface area contributed by atoms with Crippen LogP contribution in [-0.2, 0) is 14.4 Å². The molecule has 0 fully saturated rings. The molecule has 0 aromatic rings. The zero-order chi connectivity index (χ0) is 9.40. The van der Waals surface area contributed by atoms with Crippen molar-refractivity contribution in [3.63, 3.8) is 0 Å². The molecule has 12 heavy (non-hydrogen) atoms. The van der Waals surface area contributed by atoms with Crippen molar-refractivity contribution >= 4 is 11.9 Å². The lowest BCUT2D eigenvalue weighted by Gasteiger charge is -2.01. The number of amides is 1. The molecule has 0 aliphatic rings. The van der Waals surface area contributed by atoms with E-state index in [2.05, 4.69) is 4.84 Å². The number of aliphatic hydroxyl groups is 1. The van der Waals surface area contributed by atoms with Gasteiger partial charge in [0.05, 0.1) is 19.1 Å². The third-order valence-corrected chi connectivity index (χ3v) is 0.834. The van der Waals surface area contributed by atoms with Crippen molar-refractivity contribution in [1.82, 2.24) is 5.48 Å². The van der Waals surface area contributed by atoms with Gasteiger partial charge in [-0.3, -0.25) is 4.79 Å². The third kappa shape index (κ3) is 5.20. The summed E-state index contributed by atoms with van der Waals surface area (Å²) in [5.41, 5.74) is 1.75. The van der Waals surface area contributed by atoms with Gasteiger partial charge in [0.25, 0.3) is 5.91 Å². The maximum absolute atomic E-state index is 10.5. The molecule has 0 saturated carbocycles. The summed E-state index contributed by atoms with van der Waals surface area (Å²) in [4.78, 5) is 25.1. The molecule has 0 bridgehead atoms. The average molecular weight is 172 g/mol. The summed E-state index contributed by atoms with van der Waals surface area (Å²) in [6, 6.07) is 1.57. The predicted molar refractivity (Wildman–Crippen MR) is 36.2 cm³/mol. The minimum Gasteiger partial charge on any atom is -0.396 e. The highest BCUT2D eigenvalue weighted by Gasteiger charge is 2.04. The average Bonchev–Trinajstić information content (AvgIpc) is 2.02. The lowest BCUT2D eigenvalue weighted by molar-refractivity contribution is -0.158. The summed E-state index contributed by atoms with van der Waals surface area (Å²) in [6.45, 7) is -0.340. The van der Waals surface area contributed by atoms with E-state index in [0.717, 1.165) is 0 Å². The van der Waals surface area contributed by atoms with Crippen LogP contribution >= 0.6 is 0 Å². The predicted octanol–water partition coefficient (Wildman–Crippen LogP) is -1.14. The summed E-state index contributed by atoms with van der Waals surface area (Å²) in [7, 11) is 0. The first-order valence-corrected chi connectivity index (χ1v) is 3.17. The van der Waals surface area contributed by atoms with Crippen molar-refractivity contribution in [2.45, 2.75) is 12.8 Å². The van der Waals surface area contributed by atoms with Crippen LogP contribution in [0.1, 0.15) is 12.8 Å². The second-order valence-corrected chi connectivity index (χ2v) is 1.81. The molecule has 0 heterocycles. The van der Waals surface area contributed by atoms with Gasteiger partial charge in [-0.25, -0.2) is 4.79 Å². The summed E-state index contributed by atoms with van der Waals surface area (Å²) in [5, 5.41) is 16.3. The van der Waals surface area contributed by atoms with Crippen molar-refractivity contribution in [2.24, 2.45) is 0 Å². The van der Waals surface area contributed by atoms with Gasteiger partial charge < -0.3 is 9.94 Å². The quantitative estimate of drug-likeness (QED) is 0.524. The molecule has 0 radical (unpaired) electrons. The summed E-state index contributed by atoms with van der Waals surface area (Å²) >= 11 is 0. The van der Waals surface area contributed by atoms with E-state index in [1.54, 1.807) is 11.5 Å². The summed E-state index contributed by atoms with van der Waals surface area (Å²) in [5.74, 6) is -1.44. The van der Waals surface area contributed by atoms with Gasteiger partial charge in [-0.1, -0.05) is 0 Å². The Balaban J connectivity index is 3.48. The molecule has 0 atom stereocenters. The molecule has 0 aliphatic heterocycles. The first-order chi connectivity index (χ1) is 5.70. The number of nitrogens with zero attached hydrogens (tertiary/aromatic N) is 1. The van der Waals surface area contributed by atoms with E-state index >= 15 is 0 Å². The van der Waals surface area contributed by atoms with Crippen LogP contribution in [0, 0.1) is 11.3 Å². The number of rotatable bonds is 3. The SMILES string of the molecule is N#CCC(=O)NOC(=O)CCO. The summed E-state index contributed by atoms with van der Waals surface area (Å²) in [6.07, 6.45) is -0.556. The Hall–Kier alpha value is -1.61. The largest absolute Gasteiger partial charge is 0.396 e. The first kappa shape index (κ1) is 10.4. The Morgan fingerprint density at radius 1 is 1.58 bits per heavy atom. The number of nitrogens with one attached hydrogen (secondary N) is 1. The number of aliphatic hydroxyl groups excluding tert-OH is 1. The van der Waals surface area contributed by atoms with Crippen LogP contribution in [0.25, 0.3) is 0 Å². The Bertz CT molecular complexity index is 208. The number of hydroxylamine groups is 1. The van der Waals surface area contributed by atoms with Crippen molar-refractivity contribution in [3.05, 3.63) is 0 Å². The molecule has 0 spiro atoms. The molecule has 66 valence electrons.